The Kier molecular flexibility index (Phi) is 6.94. The summed E-state index contributed by atoms with van der Waals surface area (Å²) in [5.41, 5.74) is 6.15. The highest BCUT2D eigenvalue weighted by Gasteiger charge is 2.24. The van der Waals surface area contributed by atoms with Crippen LogP contribution in [0, 0.1) is 0 Å². The number of hydrogen-bond acceptors (Lipinski definition) is 5. The molecule has 1 fully saturated rings. The summed E-state index contributed by atoms with van der Waals surface area (Å²) in [6.07, 6.45) is 5.39. The number of ether oxygens (including phenoxy) is 2. The quantitative estimate of drug-likeness (QED) is 0.574. The first-order valence-electron chi connectivity index (χ1n) is 9.38. The van der Waals surface area contributed by atoms with Gasteiger partial charge in [0, 0.05) is 27.7 Å². The fourth-order valence-corrected chi connectivity index (χ4v) is 4.62. The van der Waals surface area contributed by atoms with Crippen LogP contribution >= 0.6 is 23.7 Å². The normalized spacial score (nSPS) is 15.9. The van der Waals surface area contributed by atoms with Crippen LogP contribution < -0.4 is 10.1 Å². The lowest BCUT2D eigenvalue weighted by Crippen LogP contribution is -2.23. The van der Waals surface area contributed by atoms with Crippen molar-refractivity contribution in [2.75, 3.05) is 19.7 Å². The molecule has 0 spiro atoms. The lowest BCUT2D eigenvalue weighted by Gasteiger charge is -2.21. The smallest absolute Gasteiger partial charge is 0.330 e. The van der Waals surface area contributed by atoms with Crippen molar-refractivity contribution in [2.45, 2.75) is 26.4 Å². The summed E-state index contributed by atoms with van der Waals surface area (Å²) in [5.74, 6) is 0.592. The molecule has 4 rings (SSSR count). The molecule has 3 heterocycles. The van der Waals surface area contributed by atoms with E-state index in [4.69, 9.17) is 9.47 Å². The first-order chi connectivity index (χ1) is 13.3. The molecule has 1 saturated heterocycles. The number of hydrogen-bond donors (Lipinski definition) is 1. The molecule has 2 aromatic rings. The topological polar surface area (TPSA) is 47.6 Å². The zero-order valence-corrected chi connectivity index (χ0v) is 17.5. The van der Waals surface area contributed by atoms with E-state index in [9.17, 15) is 4.79 Å². The van der Waals surface area contributed by atoms with Gasteiger partial charge in [-0.1, -0.05) is 11.6 Å². The molecule has 0 saturated carbocycles. The van der Waals surface area contributed by atoms with Gasteiger partial charge in [-0.3, -0.25) is 0 Å². The minimum atomic E-state index is -0.318. The number of esters is 1. The molecule has 0 bridgehead atoms. The predicted molar refractivity (Wildman–Crippen MR) is 116 cm³/mol. The van der Waals surface area contributed by atoms with Crippen LogP contribution in [0.15, 0.2) is 41.3 Å². The highest BCUT2D eigenvalue weighted by molar-refractivity contribution is 7.11. The maximum atomic E-state index is 11.7. The van der Waals surface area contributed by atoms with Crippen LogP contribution in [-0.2, 0) is 16.1 Å². The Hall–Kier alpha value is -2.08. The van der Waals surface area contributed by atoms with E-state index in [1.54, 1.807) is 11.3 Å². The van der Waals surface area contributed by atoms with E-state index in [-0.39, 0.29) is 18.4 Å². The van der Waals surface area contributed by atoms with Crippen molar-refractivity contribution in [1.82, 2.24) is 5.32 Å². The van der Waals surface area contributed by atoms with E-state index in [1.165, 1.54) is 27.7 Å². The first-order valence-corrected chi connectivity index (χ1v) is 10.3. The molecule has 0 unspecified atom stereocenters. The molecular weight excluding hydrogens is 394 g/mol. The van der Waals surface area contributed by atoms with Crippen molar-refractivity contribution in [3.8, 4) is 5.75 Å². The number of halogens is 1. The number of nitrogens with one attached hydrogen (secondary N) is 1. The van der Waals surface area contributed by atoms with E-state index in [1.807, 2.05) is 25.1 Å². The molecule has 0 amide bonds. The number of rotatable bonds is 3. The van der Waals surface area contributed by atoms with E-state index >= 15 is 0 Å². The summed E-state index contributed by atoms with van der Waals surface area (Å²) in [5, 5.41) is 5.59. The molecule has 0 radical (unpaired) electrons. The Labute approximate surface area is 175 Å². The molecule has 6 heteroatoms. The van der Waals surface area contributed by atoms with Crippen molar-refractivity contribution in [3.63, 3.8) is 0 Å². The molecule has 2 aliphatic heterocycles. The SMILES string of the molecule is CCOC(=O)/C=C/c1ccc2c(c1)C(=C1CCNCC1)c1sccc1CO2.Cl. The number of carbonyl (C=O) groups is 1. The molecule has 0 aliphatic carbocycles. The summed E-state index contributed by atoms with van der Waals surface area (Å²) < 4.78 is 11.1. The molecule has 1 N–H and O–H groups in total. The van der Waals surface area contributed by atoms with Crippen LogP contribution in [0.5, 0.6) is 5.75 Å². The second-order valence-electron chi connectivity index (χ2n) is 6.63. The van der Waals surface area contributed by atoms with Crippen LogP contribution in [0.3, 0.4) is 0 Å². The van der Waals surface area contributed by atoms with Crippen molar-refractivity contribution in [3.05, 3.63) is 62.9 Å². The number of carbonyl (C=O) groups excluding carboxylic acids is 1. The largest absolute Gasteiger partial charge is 0.488 e. The van der Waals surface area contributed by atoms with E-state index in [2.05, 4.69) is 22.8 Å². The summed E-state index contributed by atoms with van der Waals surface area (Å²) in [6, 6.07) is 8.29. The maximum absolute atomic E-state index is 11.7. The molecule has 0 atom stereocenters. The van der Waals surface area contributed by atoms with Crippen LogP contribution in [0.4, 0.5) is 0 Å². The molecule has 148 valence electrons. The van der Waals surface area contributed by atoms with Gasteiger partial charge in [-0.15, -0.1) is 23.7 Å². The van der Waals surface area contributed by atoms with Crippen LogP contribution in [0.25, 0.3) is 11.6 Å². The zero-order valence-electron chi connectivity index (χ0n) is 15.8. The lowest BCUT2D eigenvalue weighted by molar-refractivity contribution is -0.137. The maximum Gasteiger partial charge on any atom is 0.330 e. The predicted octanol–water partition coefficient (Wildman–Crippen LogP) is 4.82. The third kappa shape index (κ3) is 4.32. The standard InChI is InChI=1S/C22H23NO3S.ClH/c1-2-25-20(24)6-4-15-3-5-19-18(13-15)21(16-7-10-23-11-8-16)22-17(14-26-19)9-12-27-22;/h3-6,9,12-13,23H,2,7-8,10-11,14H2,1H3;1H/b6-4+;. The fraction of sp³-hybridized carbons (Fsp3) is 0.318. The van der Waals surface area contributed by atoms with Gasteiger partial charge >= 0.3 is 5.97 Å². The molecule has 2 aliphatic rings. The number of piperidine rings is 1. The van der Waals surface area contributed by atoms with Crippen molar-refractivity contribution in [2.24, 2.45) is 0 Å². The Bertz CT molecular complexity index is 908. The fourth-order valence-electron chi connectivity index (χ4n) is 3.60. The minimum absolute atomic E-state index is 0. The van der Waals surface area contributed by atoms with Gasteiger partial charge in [-0.05, 0) is 68.1 Å². The molecular formula is C22H24ClNO3S. The van der Waals surface area contributed by atoms with Crippen LogP contribution in [-0.4, -0.2) is 25.7 Å². The summed E-state index contributed by atoms with van der Waals surface area (Å²) in [7, 11) is 0. The highest BCUT2D eigenvalue weighted by Crippen LogP contribution is 2.43. The van der Waals surface area contributed by atoms with Crippen molar-refractivity contribution in [1.29, 1.82) is 0 Å². The van der Waals surface area contributed by atoms with Gasteiger partial charge in [0.15, 0.2) is 0 Å². The Morgan fingerprint density at radius 3 is 2.89 bits per heavy atom. The molecule has 1 aromatic carbocycles. The monoisotopic (exact) mass is 417 g/mol. The average molecular weight is 418 g/mol. The Morgan fingerprint density at radius 1 is 1.29 bits per heavy atom. The molecule has 4 nitrogen and oxygen atoms in total. The molecule has 1 aromatic heterocycles. The van der Waals surface area contributed by atoms with Gasteiger partial charge in [0.1, 0.15) is 12.4 Å². The summed E-state index contributed by atoms with van der Waals surface area (Å²) >= 11 is 1.78. The number of benzene rings is 1. The second-order valence-corrected chi connectivity index (χ2v) is 7.55. The third-order valence-electron chi connectivity index (χ3n) is 4.89. The van der Waals surface area contributed by atoms with Crippen molar-refractivity contribution < 1.29 is 14.3 Å². The number of thiophene rings is 1. The summed E-state index contributed by atoms with van der Waals surface area (Å²) in [4.78, 5) is 13.0. The number of fused-ring (bicyclic) bond motifs is 2. The Balaban J connectivity index is 0.00000225. The van der Waals surface area contributed by atoms with E-state index in [0.29, 0.717) is 13.2 Å². The highest BCUT2D eigenvalue weighted by atomic mass is 35.5. The van der Waals surface area contributed by atoms with Crippen LogP contribution in [0.1, 0.15) is 41.3 Å². The summed E-state index contributed by atoms with van der Waals surface area (Å²) in [6.45, 7) is 4.81. The van der Waals surface area contributed by atoms with Gasteiger partial charge in [-0.2, -0.15) is 0 Å². The lowest BCUT2D eigenvalue weighted by atomic mass is 9.90. The third-order valence-corrected chi connectivity index (χ3v) is 5.86. The van der Waals surface area contributed by atoms with Gasteiger partial charge in [-0.25, -0.2) is 4.79 Å². The van der Waals surface area contributed by atoms with Gasteiger partial charge < -0.3 is 14.8 Å². The molecule has 28 heavy (non-hydrogen) atoms. The first kappa shape index (κ1) is 20.6. The zero-order chi connectivity index (χ0) is 18.6. The minimum Gasteiger partial charge on any atom is -0.488 e. The van der Waals surface area contributed by atoms with Gasteiger partial charge in [0.2, 0.25) is 0 Å². The second kappa shape index (κ2) is 9.41. The Morgan fingerprint density at radius 2 is 2.11 bits per heavy atom. The van der Waals surface area contributed by atoms with Crippen molar-refractivity contribution >= 4 is 41.4 Å². The average Bonchev–Trinajstić information content (AvgIpc) is 3.09. The van der Waals surface area contributed by atoms with Gasteiger partial charge in [0.25, 0.3) is 0 Å². The van der Waals surface area contributed by atoms with E-state index < -0.39 is 0 Å². The van der Waals surface area contributed by atoms with Crippen LogP contribution in [0.2, 0.25) is 0 Å². The van der Waals surface area contributed by atoms with E-state index in [0.717, 1.165) is 42.8 Å². The van der Waals surface area contributed by atoms with Gasteiger partial charge in [0.05, 0.1) is 6.61 Å².